The quantitative estimate of drug-likeness (QED) is 0.637. The monoisotopic (exact) mass is 238 g/mol. The van der Waals surface area contributed by atoms with Gasteiger partial charge in [-0.3, -0.25) is 0 Å². The van der Waals surface area contributed by atoms with E-state index < -0.39 is 0 Å². The summed E-state index contributed by atoms with van der Waals surface area (Å²) < 4.78 is 15.1. The van der Waals surface area contributed by atoms with Gasteiger partial charge in [-0.2, -0.15) is 0 Å². The van der Waals surface area contributed by atoms with Crippen LogP contribution in [0.1, 0.15) is 11.3 Å². The molecule has 89 valence electrons. The lowest BCUT2D eigenvalue weighted by atomic mass is 10.2. The molecule has 0 N–H and O–H groups in total. The molecule has 0 saturated carbocycles. The van der Waals surface area contributed by atoms with Crippen LogP contribution in [-0.2, 0) is 6.54 Å². The van der Waals surface area contributed by atoms with Crippen molar-refractivity contribution in [1.82, 2.24) is 4.57 Å². The molecule has 0 atom stereocenters. The molecule has 1 nitrogen and oxygen atoms in total. The maximum Gasteiger partial charge on any atom is 0.123 e. The predicted molar refractivity (Wildman–Crippen MR) is 71.0 cm³/mol. The summed E-state index contributed by atoms with van der Waals surface area (Å²) in [5.74, 6) is -0.193. The lowest BCUT2D eigenvalue weighted by molar-refractivity contribution is 0.626. The number of hydrogen-bond donors (Lipinski definition) is 0. The zero-order valence-corrected chi connectivity index (χ0v) is 10.2. The zero-order chi connectivity index (χ0) is 12.5. The van der Waals surface area contributed by atoms with Crippen LogP contribution in [0.15, 0.2) is 48.5 Å². The highest BCUT2D eigenvalue weighted by atomic mass is 19.1. The summed E-state index contributed by atoms with van der Waals surface area (Å²) in [4.78, 5) is 0. The Morgan fingerprint density at radius 3 is 2.72 bits per heavy atom. The minimum absolute atomic E-state index is 0.193. The van der Waals surface area contributed by atoms with Crippen LogP contribution in [0.5, 0.6) is 0 Å². The molecule has 2 heteroatoms. The summed E-state index contributed by atoms with van der Waals surface area (Å²) in [5, 5.41) is 1.12. The first-order chi connectivity index (χ1) is 8.74. The summed E-state index contributed by atoms with van der Waals surface area (Å²) in [5.41, 5.74) is 3.46. The maximum atomic E-state index is 12.9. The van der Waals surface area contributed by atoms with E-state index >= 15 is 0 Å². The SMILES string of the molecule is Cc1cc2[c]cccc2n1Cc1ccc(F)cc1. The van der Waals surface area contributed by atoms with Crippen molar-refractivity contribution in [2.24, 2.45) is 0 Å². The number of nitrogens with zero attached hydrogens (tertiary/aromatic N) is 1. The first kappa shape index (κ1) is 11.0. The molecular weight excluding hydrogens is 225 g/mol. The second kappa shape index (κ2) is 4.30. The van der Waals surface area contributed by atoms with Gasteiger partial charge < -0.3 is 4.57 Å². The number of rotatable bonds is 2. The van der Waals surface area contributed by atoms with Crippen molar-refractivity contribution in [3.8, 4) is 0 Å². The second-order valence-electron chi connectivity index (χ2n) is 4.47. The molecule has 0 saturated heterocycles. The molecule has 0 amide bonds. The smallest absolute Gasteiger partial charge is 0.123 e. The van der Waals surface area contributed by atoms with Gasteiger partial charge in [-0.15, -0.1) is 0 Å². The average Bonchev–Trinajstić information content (AvgIpc) is 2.69. The molecule has 3 rings (SSSR count). The van der Waals surface area contributed by atoms with Crippen molar-refractivity contribution in [1.29, 1.82) is 0 Å². The van der Waals surface area contributed by atoms with Crippen molar-refractivity contribution in [3.05, 3.63) is 71.7 Å². The Morgan fingerprint density at radius 2 is 1.94 bits per heavy atom. The van der Waals surface area contributed by atoms with Gasteiger partial charge in [-0.1, -0.05) is 24.3 Å². The van der Waals surface area contributed by atoms with E-state index in [0.717, 1.165) is 17.5 Å². The van der Waals surface area contributed by atoms with Crippen LogP contribution < -0.4 is 0 Å². The van der Waals surface area contributed by atoms with Crippen LogP contribution >= 0.6 is 0 Å². The van der Waals surface area contributed by atoms with Gasteiger partial charge in [0.25, 0.3) is 0 Å². The van der Waals surface area contributed by atoms with E-state index in [9.17, 15) is 4.39 Å². The molecule has 1 heterocycles. The van der Waals surface area contributed by atoms with Crippen molar-refractivity contribution in [2.75, 3.05) is 0 Å². The number of benzene rings is 2. The van der Waals surface area contributed by atoms with Gasteiger partial charge in [0.15, 0.2) is 0 Å². The van der Waals surface area contributed by atoms with Crippen LogP contribution in [0.4, 0.5) is 4.39 Å². The zero-order valence-electron chi connectivity index (χ0n) is 10.2. The molecule has 18 heavy (non-hydrogen) atoms. The number of aromatic nitrogens is 1. The first-order valence-electron chi connectivity index (χ1n) is 5.95. The summed E-state index contributed by atoms with van der Waals surface area (Å²) >= 11 is 0. The third-order valence-corrected chi connectivity index (χ3v) is 3.19. The van der Waals surface area contributed by atoms with Gasteiger partial charge in [-0.25, -0.2) is 4.39 Å². The summed E-state index contributed by atoms with van der Waals surface area (Å²) in [6, 6.07) is 18.0. The second-order valence-corrected chi connectivity index (χ2v) is 4.47. The van der Waals surface area contributed by atoms with Crippen molar-refractivity contribution < 1.29 is 4.39 Å². The summed E-state index contributed by atoms with van der Waals surface area (Å²) in [6.45, 7) is 2.84. The van der Waals surface area contributed by atoms with E-state index in [-0.39, 0.29) is 5.82 Å². The molecule has 1 radical (unpaired) electrons. The van der Waals surface area contributed by atoms with Gasteiger partial charge in [0, 0.05) is 23.1 Å². The van der Waals surface area contributed by atoms with Gasteiger partial charge in [0.05, 0.1) is 0 Å². The summed E-state index contributed by atoms with van der Waals surface area (Å²) in [6.07, 6.45) is 0. The number of halogens is 1. The van der Waals surface area contributed by atoms with Crippen LogP contribution in [0.25, 0.3) is 10.9 Å². The fraction of sp³-hybridized carbons (Fsp3) is 0.125. The summed E-state index contributed by atoms with van der Waals surface area (Å²) in [7, 11) is 0. The van der Waals surface area contributed by atoms with Crippen molar-refractivity contribution >= 4 is 10.9 Å². The Balaban J connectivity index is 2.04. The topological polar surface area (TPSA) is 4.93 Å². The fourth-order valence-corrected chi connectivity index (χ4v) is 2.25. The molecule has 1 aromatic heterocycles. The number of fused-ring (bicyclic) bond motifs is 1. The van der Waals surface area contributed by atoms with Gasteiger partial charge in [0.1, 0.15) is 5.82 Å². The molecule has 0 fully saturated rings. The maximum absolute atomic E-state index is 12.9. The van der Waals surface area contributed by atoms with Gasteiger partial charge in [-0.05, 0) is 42.8 Å². The number of hydrogen-bond acceptors (Lipinski definition) is 0. The van der Waals surface area contributed by atoms with Crippen LogP contribution in [-0.4, -0.2) is 4.57 Å². The van der Waals surface area contributed by atoms with E-state index in [1.165, 1.54) is 23.3 Å². The van der Waals surface area contributed by atoms with Crippen molar-refractivity contribution in [3.63, 3.8) is 0 Å². The highest BCUT2D eigenvalue weighted by Gasteiger charge is 2.05. The van der Waals surface area contributed by atoms with Gasteiger partial charge in [0.2, 0.25) is 0 Å². The normalized spacial score (nSPS) is 11.0. The Kier molecular flexibility index (Phi) is 2.63. The number of aryl methyl sites for hydroxylation is 1. The Bertz CT molecular complexity index is 680. The van der Waals surface area contributed by atoms with Crippen LogP contribution in [0.2, 0.25) is 0 Å². The lowest BCUT2D eigenvalue weighted by Gasteiger charge is -2.08. The largest absolute Gasteiger partial charge is 0.340 e. The molecule has 0 aliphatic rings. The van der Waals surface area contributed by atoms with Crippen molar-refractivity contribution in [2.45, 2.75) is 13.5 Å². The first-order valence-corrected chi connectivity index (χ1v) is 5.95. The predicted octanol–water partition coefficient (Wildman–Crippen LogP) is 3.94. The molecule has 0 spiro atoms. The third kappa shape index (κ3) is 1.90. The van der Waals surface area contributed by atoms with E-state index in [1.54, 1.807) is 0 Å². The molecule has 0 aliphatic carbocycles. The van der Waals surface area contributed by atoms with Crippen LogP contribution in [0.3, 0.4) is 0 Å². The highest BCUT2D eigenvalue weighted by molar-refractivity contribution is 5.80. The van der Waals surface area contributed by atoms with E-state index in [4.69, 9.17) is 0 Å². The average molecular weight is 238 g/mol. The highest BCUT2D eigenvalue weighted by Crippen LogP contribution is 2.20. The Morgan fingerprint density at radius 1 is 1.17 bits per heavy atom. The minimum atomic E-state index is -0.193. The third-order valence-electron chi connectivity index (χ3n) is 3.19. The molecule has 3 aromatic rings. The lowest BCUT2D eigenvalue weighted by Crippen LogP contribution is -2.01. The standard InChI is InChI=1S/C16H13FN/c1-12-10-14-4-2-3-5-16(14)18(12)11-13-6-8-15(17)9-7-13/h2-3,5-10H,11H2,1H3. The molecule has 0 bridgehead atoms. The van der Waals surface area contributed by atoms with E-state index in [1.807, 2.05) is 24.3 Å². The van der Waals surface area contributed by atoms with E-state index in [2.05, 4.69) is 29.7 Å². The molecule has 2 aromatic carbocycles. The van der Waals surface area contributed by atoms with E-state index in [0.29, 0.717) is 0 Å². The molecule has 0 unspecified atom stereocenters. The molecular formula is C16H13FN. The molecule has 0 aliphatic heterocycles. The van der Waals surface area contributed by atoms with Gasteiger partial charge >= 0.3 is 0 Å². The minimum Gasteiger partial charge on any atom is -0.340 e. The van der Waals surface area contributed by atoms with Crippen LogP contribution in [0, 0.1) is 18.8 Å². The Labute approximate surface area is 105 Å². The Hall–Kier alpha value is -2.09. The fourth-order valence-electron chi connectivity index (χ4n) is 2.25.